The number of alkyl halides is 1. The first kappa shape index (κ1) is 10.8. The summed E-state index contributed by atoms with van der Waals surface area (Å²) in [6, 6.07) is 8.32. The van der Waals surface area contributed by atoms with Gasteiger partial charge in [0.05, 0.1) is 7.11 Å². The molecular formula is C13H17ClO. The van der Waals surface area contributed by atoms with Crippen molar-refractivity contribution in [2.75, 3.05) is 13.0 Å². The Morgan fingerprint density at radius 2 is 2.00 bits per heavy atom. The fourth-order valence-corrected chi connectivity index (χ4v) is 2.34. The molecule has 1 unspecified atom stereocenters. The molecule has 0 amide bonds. The van der Waals surface area contributed by atoms with E-state index in [4.69, 9.17) is 16.3 Å². The zero-order valence-electron chi connectivity index (χ0n) is 9.08. The van der Waals surface area contributed by atoms with E-state index in [1.807, 2.05) is 12.1 Å². The highest BCUT2D eigenvalue weighted by Gasteiger charge is 2.30. The second kappa shape index (κ2) is 4.89. The lowest BCUT2D eigenvalue weighted by molar-refractivity contribution is 0.414. The second-order valence-electron chi connectivity index (χ2n) is 4.30. The Hall–Kier alpha value is -0.690. The molecule has 82 valence electrons. The minimum atomic E-state index is 0.667. The highest BCUT2D eigenvalue weighted by Crippen LogP contribution is 2.39. The van der Waals surface area contributed by atoms with Gasteiger partial charge < -0.3 is 4.74 Å². The quantitative estimate of drug-likeness (QED) is 0.696. The average Bonchev–Trinajstić information content (AvgIpc) is 3.10. The van der Waals surface area contributed by atoms with Crippen LogP contribution in [0.1, 0.15) is 18.4 Å². The first-order valence-electron chi connectivity index (χ1n) is 5.52. The highest BCUT2D eigenvalue weighted by molar-refractivity contribution is 6.18. The first-order valence-corrected chi connectivity index (χ1v) is 6.06. The number of benzene rings is 1. The molecule has 1 aliphatic rings. The van der Waals surface area contributed by atoms with Crippen LogP contribution in [0.25, 0.3) is 0 Å². The van der Waals surface area contributed by atoms with Crippen LogP contribution in [0, 0.1) is 11.8 Å². The predicted molar refractivity (Wildman–Crippen MR) is 63.6 cm³/mol. The first-order chi connectivity index (χ1) is 7.33. The van der Waals surface area contributed by atoms with Gasteiger partial charge >= 0.3 is 0 Å². The molecule has 1 aromatic rings. The Kier molecular flexibility index (Phi) is 3.53. The van der Waals surface area contributed by atoms with Gasteiger partial charge in [0.2, 0.25) is 0 Å². The third kappa shape index (κ3) is 2.88. The maximum absolute atomic E-state index is 5.99. The van der Waals surface area contributed by atoms with Gasteiger partial charge in [0.15, 0.2) is 0 Å². The summed E-state index contributed by atoms with van der Waals surface area (Å²) in [5, 5.41) is 0. The summed E-state index contributed by atoms with van der Waals surface area (Å²) in [5.74, 6) is 3.26. The average molecular weight is 225 g/mol. The summed E-state index contributed by atoms with van der Waals surface area (Å²) in [6.45, 7) is 0. The van der Waals surface area contributed by atoms with Gasteiger partial charge in [0.25, 0.3) is 0 Å². The second-order valence-corrected chi connectivity index (χ2v) is 4.61. The number of ether oxygens (including phenoxy) is 1. The van der Waals surface area contributed by atoms with Crippen molar-refractivity contribution >= 4 is 11.6 Å². The molecule has 0 N–H and O–H groups in total. The van der Waals surface area contributed by atoms with Crippen LogP contribution in [0.4, 0.5) is 0 Å². The third-order valence-electron chi connectivity index (χ3n) is 3.14. The van der Waals surface area contributed by atoms with Gasteiger partial charge in [0.1, 0.15) is 5.75 Å². The Morgan fingerprint density at radius 3 is 2.47 bits per heavy atom. The Balaban J connectivity index is 1.96. The zero-order valence-corrected chi connectivity index (χ0v) is 9.83. The number of methoxy groups -OCH3 is 1. The molecule has 0 saturated heterocycles. The molecule has 1 nitrogen and oxygen atoms in total. The Bertz CT molecular complexity index is 303. The van der Waals surface area contributed by atoms with Gasteiger partial charge in [0, 0.05) is 5.88 Å². The topological polar surface area (TPSA) is 9.23 Å². The normalized spacial score (nSPS) is 17.5. The van der Waals surface area contributed by atoms with E-state index in [1.165, 1.54) is 18.4 Å². The van der Waals surface area contributed by atoms with E-state index < -0.39 is 0 Å². The summed E-state index contributed by atoms with van der Waals surface area (Å²) in [7, 11) is 1.70. The lowest BCUT2D eigenvalue weighted by atomic mass is 9.96. The highest BCUT2D eigenvalue weighted by atomic mass is 35.5. The molecule has 2 rings (SSSR count). The minimum absolute atomic E-state index is 0.667. The zero-order chi connectivity index (χ0) is 10.7. The van der Waals surface area contributed by atoms with Crippen LogP contribution in [0.5, 0.6) is 5.75 Å². The van der Waals surface area contributed by atoms with Crippen molar-refractivity contribution in [3.8, 4) is 5.75 Å². The van der Waals surface area contributed by atoms with Gasteiger partial charge in [-0.25, -0.2) is 0 Å². The number of hydrogen-bond acceptors (Lipinski definition) is 1. The molecule has 0 radical (unpaired) electrons. The largest absolute Gasteiger partial charge is 0.497 e. The van der Waals surface area contributed by atoms with E-state index in [2.05, 4.69) is 12.1 Å². The summed E-state index contributed by atoms with van der Waals surface area (Å²) in [6.07, 6.45) is 3.85. The Labute approximate surface area is 96.4 Å². The van der Waals surface area contributed by atoms with Gasteiger partial charge in [-0.3, -0.25) is 0 Å². The van der Waals surface area contributed by atoms with E-state index in [0.717, 1.165) is 24.0 Å². The molecule has 0 aromatic heterocycles. The number of halogens is 1. The van der Waals surface area contributed by atoms with Crippen LogP contribution in [-0.4, -0.2) is 13.0 Å². The van der Waals surface area contributed by atoms with Crippen LogP contribution in [0.2, 0.25) is 0 Å². The van der Waals surface area contributed by atoms with Crippen molar-refractivity contribution < 1.29 is 4.74 Å². The minimum Gasteiger partial charge on any atom is -0.497 e. The van der Waals surface area contributed by atoms with Gasteiger partial charge in [-0.05, 0) is 48.8 Å². The molecule has 0 aliphatic heterocycles. The molecule has 1 aromatic carbocycles. The fraction of sp³-hybridized carbons (Fsp3) is 0.538. The molecule has 1 saturated carbocycles. The van der Waals surface area contributed by atoms with E-state index in [-0.39, 0.29) is 0 Å². The van der Waals surface area contributed by atoms with Gasteiger partial charge in [-0.15, -0.1) is 11.6 Å². The summed E-state index contributed by atoms with van der Waals surface area (Å²) in [5.41, 5.74) is 1.37. The maximum atomic E-state index is 5.99. The molecule has 1 atom stereocenters. The molecule has 2 heteroatoms. The maximum Gasteiger partial charge on any atom is 0.118 e. The van der Waals surface area contributed by atoms with Crippen LogP contribution >= 0.6 is 11.6 Å². The third-order valence-corrected chi connectivity index (χ3v) is 3.54. The van der Waals surface area contributed by atoms with Crippen LogP contribution < -0.4 is 4.74 Å². The van der Waals surface area contributed by atoms with E-state index in [0.29, 0.717) is 5.92 Å². The van der Waals surface area contributed by atoms with Crippen LogP contribution in [0.3, 0.4) is 0 Å². The molecule has 0 bridgehead atoms. The van der Waals surface area contributed by atoms with Crippen LogP contribution in [0.15, 0.2) is 24.3 Å². The molecule has 0 spiro atoms. The monoisotopic (exact) mass is 224 g/mol. The summed E-state index contributed by atoms with van der Waals surface area (Å²) < 4.78 is 5.13. The standard InChI is InChI=1S/C13H17ClO/c1-15-13-6-2-10(3-7-13)8-12(9-14)11-4-5-11/h2-3,6-7,11-12H,4-5,8-9H2,1H3. The van der Waals surface area contributed by atoms with E-state index in [1.54, 1.807) is 7.11 Å². The Morgan fingerprint density at radius 1 is 1.33 bits per heavy atom. The fourth-order valence-electron chi connectivity index (χ4n) is 1.98. The van der Waals surface area contributed by atoms with Crippen molar-refractivity contribution in [1.82, 2.24) is 0 Å². The number of hydrogen-bond donors (Lipinski definition) is 0. The molecule has 1 fully saturated rings. The van der Waals surface area contributed by atoms with Crippen molar-refractivity contribution in [2.45, 2.75) is 19.3 Å². The molecule has 0 heterocycles. The van der Waals surface area contributed by atoms with Crippen molar-refractivity contribution in [2.24, 2.45) is 11.8 Å². The lowest BCUT2D eigenvalue weighted by Gasteiger charge is -2.12. The van der Waals surface area contributed by atoms with Crippen molar-refractivity contribution in [3.63, 3.8) is 0 Å². The predicted octanol–water partition coefficient (Wildman–Crippen LogP) is 3.50. The van der Waals surface area contributed by atoms with Crippen molar-refractivity contribution in [3.05, 3.63) is 29.8 Å². The summed E-state index contributed by atoms with van der Waals surface area (Å²) in [4.78, 5) is 0. The molecular weight excluding hydrogens is 208 g/mol. The SMILES string of the molecule is COc1ccc(CC(CCl)C2CC2)cc1. The van der Waals surface area contributed by atoms with E-state index >= 15 is 0 Å². The van der Waals surface area contributed by atoms with Gasteiger partial charge in [-0.2, -0.15) is 0 Å². The van der Waals surface area contributed by atoms with Crippen LogP contribution in [-0.2, 0) is 6.42 Å². The van der Waals surface area contributed by atoms with Crippen molar-refractivity contribution in [1.29, 1.82) is 0 Å². The lowest BCUT2D eigenvalue weighted by Crippen LogP contribution is -2.08. The summed E-state index contributed by atoms with van der Waals surface area (Å²) >= 11 is 5.99. The molecule has 15 heavy (non-hydrogen) atoms. The smallest absolute Gasteiger partial charge is 0.118 e. The van der Waals surface area contributed by atoms with Gasteiger partial charge in [-0.1, -0.05) is 12.1 Å². The number of rotatable bonds is 5. The molecule has 1 aliphatic carbocycles. The van der Waals surface area contributed by atoms with E-state index in [9.17, 15) is 0 Å².